The molecule has 1 aromatic carbocycles. The minimum atomic E-state index is -4.82. The molecule has 3 aliphatic heterocycles. The summed E-state index contributed by atoms with van der Waals surface area (Å²) >= 11 is 6.57. The van der Waals surface area contributed by atoms with Crippen LogP contribution >= 0.6 is 11.6 Å². The minimum Gasteiger partial charge on any atom is -0.477 e. The number of nitrogens with zero attached hydrogens (tertiary/aromatic N) is 8. The van der Waals surface area contributed by atoms with Gasteiger partial charge in [0.05, 0.1) is 59.6 Å². The predicted octanol–water partition coefficient (Wildman–Crippen LogP) is 4.37. The van der Waals surface area contributed by atoms with E-state index in [0.29, 0.717) is 68.6 Å². The topological polar surface area (TPSA) is 180 Å². The molecule has 1 saturated carbocycles. The van der Waals surface area contributed by atoms with Gasteiger partial charge in [-0.15, -0.1) is 0 Å². The van der Waals surface area contributed by atoms with Crippen molar-refractivity contribution in [3.05, 3.63) is 71.0 Å². The van der Waals surface area contributed by atoms with Crippen LogP contribution in [0.15, 0.2) is 48.9 Å². The molecule has 324 valence electrons. The fraction of sp³-hybridized carbons (Fsp3) is 0.488. The van der Waals surface area contributed by atoms with Gasteiger partial charge in [-0.3, -0.25) is 14.4 Å². The van der Waals surface area contributed by atoms with Crippen molar-refractivity contribution >= 4 is 46.7 Å². The molecular weight excluding hydrogens is 819 g/mol. The Bertz CT molecular complexity index is 2290. The zero-order valence-corrected chi connectivity index (χ0v) is 34.4. The van der Waals surface area contributed by atoms with Gasteiger partial charge in [-0.25, -0.2) is 19.4 Å². The molecule has 4 aliphatic rings. The first-order valence-electron chi connectivity index (χ1n) is 20.5. The number of benzene rings is 1. The number of piperazine rings is 1. The summed E-state index contributed by atoms with van der Waals surface area (Å²) in [5.41, 5.74) is -0.249. The summed E-state index contributed by atoms with van der Waals surface area (Å²) in [6.07, 6.45) is 3.62. The molecule has 3 saturated heterocycles. The number of quaternary nitrogens is 1. The van der Waals surface area contributed by atoms with Crippen LogP contribution in [0.2, 0.25) is 5.02 Å². The Morgan fingerprint density at radius 2 is 1.66 bits per heavy atom. The fourth-order valence-electron chi connectivity index (χ4n) is 8.75. The first-order chi connectivity index (χ1) is 29.2. The number of carboxylic acids is 1. The van der Waals surface area contributed by atoms with E-state index in [1.54, 1.807) is 28.1 Å². The van der Waals surface area contributed by atoms with Gasteiger partial charge < -0.3 is 39.9 Å². The Morgan fingerprint density at radius 1 is 0.951 bits per heavy atom. The standard InChI is InChI=1S/C41H47ClF3N11O5/c1-52-33(31-22-55(51-36(31)41(43,44)45)34-8-6-29(20-47-34)49-27-3-2-4-27)21-48-37(52)38(59)50-28-5-7-30(32(42)17-28)40(61)54-13-11-53(12-14-54)39(60)26-9-15-56(16-10-26,24-35(57)58)23-25-18-46-19-25/h5-8,17,20-22,25-27,46,49H,2-4,9-16,18-19,23-24H2,1H3,(H-,50,57,58,59,61)/p+1. The van der Waals surface area contributed by atoms with Crippen molar-refractivity contribution in [3.8, 4) is 17.1 Å². The van der Waals surface area contributed by atoms with E-state index in [2.05, 4.69) is 31.0 Å². The number of amides is 3. The molecule has 1 aliphatic carbocycles. The van der Waals surface area contributed by atoms with Crippen molar-refractivity contribution in [2.45, 2.75) is 44.3 Å². The number of piperidine rings is 1. The Balaban J connectivity index is 0.871. The van der Waals surface area contributed by atoms with Crippen molar-refractivity contribution in [1.82, 2.24) is 39.4 Å². The molecule has 61 heavy (non-hydrogen) atoms. The van der Waals surface area contributed by atoms with E-state index in [1.165, 1.54) is 42.2 Å². The van der Waals surface area contributed by atoms with Gasteiger partial charge in [0.2, 0.25) is 5.91 Å². The summed E-state index contributed by atoms with van der Waals surface area (Å²) < 4.78 is 45.6. The number of aromatic nitrogens is 5. The summed E-state index contributed by atoms with van der Waals surface area (Å²) in [5.74, 6) is -1.56. The normalized spacial score (nSPS) is 21.1. The molecule has 0 bridgehead atoms. The SMILES string of the molecule is Cn1c(-c2cn(-c3ccc(NC4CCC4)cn3)nc2C(F)(F)F)cnc1C(=O)Nc1ccc(C(=O)N2CCN(C(=O)C3CC[N+](CC(=O)O)(CC4CNC4)CC3)CC2)c(Cl)c1. The molecule has 6 heterocycles. The van der Waals surface area contributed by atoms with E-state index in [0.717, 1.165) is 49.3 Å². The van der Waals surface area contributed by atoms with Crippen LogP contribution in [0, 0.1) is 11.8 Å². The second-order valence-electron chi connectivity index (χ2n) is 16.6. The summed E-state index contributed by atoms with van der Waals surface area (Å²) in [6, 6.07) is 8.08. The highest BCUT2D eigenvalue weighted by Gasteiger charge is 2.43. The molecule has 0 spiro atoms. The molecule has 4 fully saturated rings. The van der Waals surface area contributed by atoms with Crippen LogP contribution in [0.1, 0.15) is 58.8 Å². The maximum atomic E-state index is 14.3. The number of carbonyl (C=O) groups excluding carboxylic acids is 3. The van der Waals surface area contributed by atoms with Gasteiger partial charge in [0.1, 0.15) is 0 Å². The maximum absolute atomic E-state index is 14.3. The average molecular weight is 867 g/mol. The largest absolute Gasteiger partial charge is 0.477 e. The van der Waals surface area contributed by atoms with Crippen LogP contribution in [0.5, 0.6) is 0 Å². The van der Waals surface area contributed by atoms with Crippen molar-refractivity contribution in [3.63, 3.8) is 0 Å². The second kappa shape index (κ2) is 17.1. The molecule has 8 rings (SSSR count). The number of alkyl halides is 3. The van der Waals surface area contributed by atoms with E-state index >= 15 is 0 Å². The van der Waals surface area contributed by atoms with Crippen molar-refractivity contribution in [1.29, 1.82) is 0 Å². The van der Waals surface area contributed by atoms with Crippen molar-refractivity contribution in [2.24, 2.45) is 18.9 Å². The number of aliphatic carboxylic acids is 1. The Labute approximate surface area is 354 Å². The fourth-order valence-corrected chi connectivity index (χ4v) is 9.01. The number of nitrogens with one attached hydrogen (secondary N) is 3. The van der Waals surface area contributed by atoms with Crippen LogP contribution in [0.25, 0.3) is 17.1 Å². The highest BCUT2D eigenvalue weighted by Crippen LogP contribution is 2.37. The van der Waals surface area contributed by atoms with Gasteiger partial charge >= 0.3 is 12.1 Å². The molecule has 0 unspecified atom stereocenters. The van der Waals surface area contributed by atoms with Gasteiger partial charge in [0.15, 0.2) is 23.9 Å². The number of likely N-dealkylation sites (tertiary alicyclic amines) is 1. The van der Waals surface area contributed by atoms with Crippen LogP contribution in [0.3, 0.4) is 0 Å². The van der Waals surface area contributed by atoms with Gasteiger partial charge in [-0.1, -0.05) is 11.6 Å². The summed E-state index contributed by atoms with van der Waals surface area (Å²) in [5, 5.41) is 22.7. The molecule has 3 aromatic heterocycles. The van der Waals surface area contributed by atoms with E-state index in [4.69, 9.17) is 11.6 Å². The molecule has 4 N–H and O–H groups in total. The molecule has 20 heteroatoms. The molecule has 0 radical (unpaired) electrons. The first-order valence-corrected chi connectivity index (χ1v) is 20.9. The highest BCUT2D eigenvalue weighted by atomic mass is 35.5. The molecule has 16 nitrogen and oxygen atoms in total. The maximum Gasteiger partial charge on any atom is 0.435 e. The number of carbonyl (C=O) groups is 4. The molecule has 3 amide bonds. The molecule has 0 atom stereocenters. The van der Waals surface area contributed by atoms with Gasteiger partial charge in [0, 0.05) is 88.9 Å². The smallest absolute Gasteiger partial charge is 0.435 e. The summed E-state index contributed by atoms with van der Waals surface area (Å²) in [7, 11) is 1.42. The lowest BCUT2D eigenvalue weighted by molar-refractivity contribution is -0.929. The third-order valence-corrected chi connectivity index (χ3v) is 12.8. The zero-order valence-electron chi connectivity index (χ0n) is 33.6. The third kappa shape index (κ3) is 9.09. The Morgan fingerprint density at radius 3 is 2.25 bits per heavy atom. The second-order valence-corrected chi connectivity index (χ2v) is 17.0. The lowest BCUT2D eigenvalue weighted by atomic mass is 9.90. The number of hydrogen-bond acceptors (Lipinski definition) is 9. The van der Waals surface area contributed by atoms with E-state index in [1.807, 2.05) is 0 Å². The quantitative estimate of drug-likeness (QED) is 0.150. The number of anilines is 2. The van der Waals surface area contributed by atoms with Gasteiger partial charge in [-0.05, 0) is 49.6 Å². The van der Waals surface area contributed by atoms with Gasteiger partial charge in [-0.2, -0.15) is 18.3 Å². The van der Waals surface area contributed by atoms with Crippen LogP contribution in [-0.4, -0.2) is 139 Å². The molecule has 4 aromatic rings. The number of rotatable bonds is 12. The average Bonchev–Trinajstić information content (AvgIpc) is 3.82. The van der Waals surface area contributed by atoms with Crippen molar-refractivity contribution in [2.75, 3.05) is 76.1 Å². The number of halogens is 4. The number of imidazole rings is 1. The number of pyridine rings is 1. The first kappa shape index (κ1) is 42.2. The van der Waals surface area contributed by atoms with Crippen LogP contribution < -0.4 is 16.0 Å². The highest BCUT2D eigenvalue weighted by molar-refractivity contribution is 6.34. The van der Waals surface area contributed by atoms with E-state index in [-0.39, 0.29) is 63.5 Å². The monoisotopic (exact) mass is 866 g/mol. The van der Waals surface area contributed by atoms with Gasteiger partial charge in [0.25, 0.3) is 11.8 Å². The Kier molecular flexibility index (Phi) is 11.8. The van der Waals surface area contributed by atoms with E-state index in [9.17, 15) is 37.5 Å². The van der Waals surface area contributed by atoms with Crippen LogP contribution in [0.4, 0.5) is 24.5 Å². The lowest BCUT2D eigenvalue weighted by Crippen LogP contribution is -2.62. The Hall–Kier alpha value is -5.53. The summed E-state index contributed by atoms with van der Waals surface area (Å²) in [6.45, 7) is 5.28. The van der Waals surface area contributed by atoms with E-state index < -0.39 is 23.7 Å². The lowest BCUT2D eigenvalue weighted by Gasteiger charge is -2.46. The van der Waals surface area contributed by atoms with Crippen LogP contribution in [-0.2, 0) is 22.8 Å². The summed E-state index contributed by atoms with van der Waals surface area (Å²) in [4.78, 5) is 64.0. The zero-order chi connectivity index (χ0) is 43.1. The minimum absolute atomic E-state index is 0.000647. The van der Waals surface area contributed by atoms with Crippen molar-refractivity contribution < 1.29 is 41.9 Å². The number of hydrogen-bond donors (Lipinski definition) is 4. The molecular formula is C41H48ClF3N11O5+. The number of carboxylic acid groups (broad SMARTS) is 1. The third-order valence-electron chi connectivity index (χ3n) is 12.5. The predicted molar refractivity (Wildman–Crippen MR) is 218 cm³/mol.